The van der Waals surface area contributed by atoms with E-state index in [1.54, 1.807) is 0 Å². The minimum absolute atomic E-state index is 1.07. The zero-order chi connectivity index (χ0) is 13.2. The van der Waals surface area contributed by atoms with Crippen molar-refractivity contribution in [3.63, 3.8) is 0 Å². The van der Waals surface area contributed by atoms with Crippen molar-refractivity contribution in [1.82, 2.24) is 0 Å². The molecule has 0 radical (unpaired) electrons. The SMILES string of the molecule is CCCC1=CCc2cc(Br)cc(-c3ccccc3)c21. The van der Waals surface area contributed by atoms with Gasteiger partial charge in [-0.1, -0.05) is 65.7 Å². The van der Waals surface area contributed by atoms with Gasteiger partial charge in [0.15, 0.2) is 0 Å². The molecule has 1 aliphatic carbocycles. The molecule has 0 aromatic heterocycles. The Morgan fingerprint density at radius 1 is 1.11 bits per heavy atom. The van der Waals surface area contributed by atoms with Gasteiger partial charge in [0.05, 0.1) is 0 Å². The molecule has 0 fully saturated rings. The van der Waals surface area contributed by atoms with Gasteiger partial charge < -0.3 is 0 Å². The van der Waals surface area contributed by atoms with Crippen LogP contribution in [0.1, 0.15) is 30.9 Å². The van der Waals surface area contributed by atoms with Crippen molar-refractivity contribution >= 4 is 21.5 Å². The van der Waals surface area contributed by atoms with Crippen LogP contribution in [0.4, 0.5) is 0 Å². The fraction of sp³-hybridized carbons (Fsp3) is 0.222. The monoisotopic (exact) mass is 312 g/mol. The molecule has 2 aromatic carbocycles. The van der Waals surface area contributed by atoms with Crippen molar-refractivity contribution in [3.8, 4) is 11.1 Å². The number of allylic oxidation sites excluding steroid dienone is 2. The van der Waals surface area contributed by atoms with E-state index in [-0.39, 0.29) is 0 Å². The lowest BCUT2D eigenvalue weighted by Gasteiger charge is -2.13. The fourth-order valence-corrected chi connectivity index (χ4v) is 3.39. The lowest BCUT2D eigenvalue weighted by Crippen LogP contribution is -1.91. The van der Waals surface area contributed by atoms with Crippen LogP contribution in [0.5, 0.6) is 0 Å². The van der Waals surface area contributed by atoms with Crippen molar-refractivity contribution in [3.05, 3.63) is 64.1 Å². The van der Waals surface area contributed by atoms with E-state index in [0.717, 1.165) is 6.42 Å². The van der Waals surface area contributed by atoms with Crippen molar-refractivity contribution in [2.75, 3.05) is 0 Å². The molecule has 0 atom stereocenters. The third-order valence-corrected chi connectivity index (χ3v) is 4.14. The number of halogens is 1. The number of fused-ring (bicyclic) bond motifs is 1. The van der Waals surface area contributed by atoms with E-state index in [9.17, 15) is 0 Å². The number of hydrogen-bond acceptors (Lipinski definition) is 0. The maximum absolute atomic E-state index is 3.65. The Bertz CT molecular complexity index is 624. The Labute approximate surface area is 123 Å². The van der Waals surface area contributed by atoms with Gasteiger partial charge in [-0.05, 0) is 52.8 Å². The van der Waals surface area contributed by atoms with Crippen LogP contribution in [0.3, 0.4) is 0 Å². The largest absolute Gasteiger partial charge is 0.0763 e. The molecule has 0 N–H and O–H groups in total. The van der Waals surface area contributed by atoms with Crippen molar-refractivity contribution in [2.24, 2.45) is 0 Å². The molecule has 0 aliphatic heterocycles. The summed E-state index contributed by atoms with van der Waals surface area (Å²) in [5.41, 5.74) is 7.11. The Morgan fingerprint density at radius 3 is 2.63 bits per heavy atom. The first-order chi connectivity index (χ1) is 9.29. The summed E-state index contributed by atoms with van der Waals surface area (Å²) in [6.45, 7) is 2.25. The molecule has 0 amide bonds. The zero-order valence-electron chi connectivity index (χ0n) is 11.1. The number of benzene rings is 2. The molecule has 0 saturated heterocycles. The van der Waals surface area contributed by atoms with Crippen molar-refractivity contribution in [2.45, 2.75) is 26.2 Å². The van der Waals surface area contributed by atoms with Crippen LogP contribution in [-0.4, -0.2) is 0 Å². The van der Waals surface area contributed by atoms with Crippen LogP contribution in [-0.2, 0) is 6.42 Å². The average molecular weight is 313 g/mol. The Kier molecular flexibility index (Phi) is 3.56. The average Bonchev–Trinajstić information content (AvgIpc) is 2.82. The summed E-state index contributed by atoms with van der Waals surface area (Å²) in [6.07, 6.45) is 5.85. The first-order valence-electron chi connectivity index (χ1n) is 6.87. The maximum Gasteiger partial charge on any atom is 0.0184 e. The molecule has 0 heterocycles. The van der Waals surface area contributed by atoms with Crippen LogP contribution < -0.4 is 0 Å². The molecule has 1 aliphatic rings. The number of hydrogen-bond donors (Lipinski definition) is 0. The highest BCUT2D eigenvalue weighted by Crippen LogP contribution is 2.40. The van der Waals surface area contributed by atoms with Crippen LogP contribution in [0.25, 0.3) is 16.7 Å². The molecule has 0 saturated carbocycles. The smallest absolute Gasteiger partial charge is 0.0184 e. The van der Waals surface area contributed by atoms with Crippen LogP contribution in [0.15, 0.2) is 53.0 Å². The van der Waals surface area contributed by atoms with Crippen LogP contribution in [0, 0.1) is 0 Å². The third kappa shape index (κ3) is 2.40. The minimum Gasteiger partial charge on any atom is -0.0763 e. The summed E-state index contributed by atoms with van der Waals surface area (Å²) in [5.74, 6) is 0. The molecule has 1 heteroatoms. The summed E-state index contributed by atoms with van der Waals surface area (Å²) in [4.78, 5) is 0. The zero-order valence-corrected chi connectivity index (χ0v) is 12.7. The maximum atomic E-state index is 3.65. The minimum atomic E-state index is 1.07. The van der Waals surface area contributed by atoms with E-state index >= 15 is 0 Å². The van der Waals surface area contributed by atoms with Crippen molar-refractivity contribution < 1.29 is 0 Å². The Hall–Kier alpha value is -1.34. The molecule has 0 spiro atoms. The normalized spacial score (nSPS) is 13.3. The summed E-state index contributed by atoms with van der Waals surface area (Å²) in [6, 6.07) is 15.2. The van der Waals surface area contributed by atoms with Gasteiger partial charge >= 0.3 is 0 Å². The second-order valence-corrected chi connectivity index (χ2v) is 5.95. The standard InChI is InChI=1S/C18H17Br/c1-2-6-14-9-10-15-11-16(19)12-17(18(14)15)13-7-4-3-5-8-13/h3-5,7-9,11-12H,2,6,10H2,1H3. The molecule has 0 unspecified atom stereocenters. The molecule has 96 valence electrons. The highest BCUT2D eigenvalue weighted by molar-refractivity contribution is 9.10. The van der Waals surface area contributed by atoms with Crippen LogP contribution >= 0.6 is 15.9 Å². The van der Waals surface area contributed by atoms with Gasteiger partial charge in [-0.3, -0.25) is 0 Å². The Balaban J connectivity index is 2.18. The molecule has 0 bridgehead atoms. The van der Waals surface area contributed by atoms with Gasteiger partial charge in [0, 0.05) is 4.47 Å². The lowest BCUT2D eigenvalue weighted by atomic mass is 9.92. The summed E-state index contributed by atoms with van der Waals surface area (Å²) in [5, 5.41) is 0. The van der Waals surface area contributed by atoms with E-state index < -0.39 is 0 Å². The van der Waals surface area contributed by atoms with E-state index in [4.69, 9.17) is 0 Å². The topological polar surface area (TPSA) is 0 Å². The molecular formula is C18H17Br. The van der Waals surface area contributed by atoms with E-state index in [1.807, 2.05) is 0 Å². The quantitative estimate of drug-likeness (QED) is 0.666. The fourth-order valence-electron chi connectivity index (χ4n) is 2.88. The predicted molar refractivity (Wildman–Crippen MR) is 86.2 cm³/mol. The highest BCUT2D eigenvalue weighted by atomic mass is 79.9. The summed E-state index contributed by atoms with van der Waals surface area (Å²) < 4.78 is 1.18. The molecule has 3 rings (SSSR count). The Morgan fingerprint density at radius 2 is 1.89 bits per heavy atom. The first-order valence-corrected chi connectivity index (χ1v) is 7.66. The second-order valence-electron chi connectivity index (χ2n) is 5.04. The van der Waals surface area contributed by atoms with E-state index in [2.05, 4.69) is 71.4 Å². The van der Waals surface area contributed by atoms with Gasteiger partial charge in [-0.2, -0.15) is 0 Å². The van der Waals surface area contributed by atoms with E-state index in [1.165, 1.54) is 45.1 Å². The van der Waals surface area contributed by atoms with Gasteiger partial charge in [-0.25, -0.2) is 0 Å². The molecule has 2 aromatic rings. The second kappa shape index (κ2) is 5.34. The van der Waals surface area contributed by atoms with Gasteiger partial charge in [-0.15, -0.1) is 0 Å². The highest BCUT2D eigenvalue weighted by Gasteiger charge is 2.19. The predicted octanol–water partition coefficient (Wildman–Crippen LogP) is 5.86. The van der Waals surface area contributed by atoms with E-state index in [0.29, 0.717) is 0 Å². The summed E-state index contributed by atoms with van der Waals surface area (Å²) in [7, 11) is 0. The summed E-state index contributed by atoms with van der Waals surface area (Å²) >= 11 is 3.65. The van der Waals surface area contributed by atoms with Gasteiger partial charge in [0.25, 0.3) is 0 Å². The first kappa shape index (κ1) is 12.7. The van der Waals surface area contributed by atoms with Crippen molar-refractivity contribution in [1.29, 1.82) is 0 Å². The van der Waals surface area contributed by atoms with Gasteiger partial charge in [0.1, 0.15) is 0 Å². The molecule has 19 heavy (non-hydrogen) atoms. The third-order valence-electron chi connectivity index (χ3n) is 3.68. The number of rotatable bonds is 3. The lowest BCUT2D eigenvalue weighted by molar-refractivity contribution is 0.975. The molecule has 0 nitrogen and oxygen atoms in total. The molecular weight excluding hydrogens is 296 g/mol. The van der Waals surface area contributed by atoms with Gasteiger partial charge in [0.2, 0.25) is 0 Å². The van der Waals surface area contributed by atoms with Crippen LogP contribution in [0.2, 0.25) is 0 Å².